The van der Waals surface area contributed by atoms with E-state index in [9.17, 15) is 9.59 Å². The highest BCUT2D eigenvalue weighted by atomic mass is 16.4. The number of aromatic carboxylic acids is 1. The maximum Gasteiger partial charge on any atom is 0.335 e. The van der Waals surface area contributed by atoms with E-state index in [1.54, 1.807) is 12.1 Å². The molecule has 1 heterocycles. The normalized spacial score (nSPS) is 19.5. The van der Waals surface area contributed by atoms with Crippen LogP contribution in [-0.4, -0.2) is 23.7 Å². The molecule has 2 amide bonds. The quantitative estimate of drug-likeness (QED) is 0.667. The van der Waals surface area contributed by atoms with Crippen LogP contribution in [0.5, 0.6) is 0 Å². The fraction of sp³-hybridized carbons (Fsp3) is 0.200. The van der Waals surface area contributed by atoms with E-state index in [-0.39, 0.29) is 17.6 Å². The van der Waals surface area contributed by atoms with Crippen LogP contribution >= 0.6 is 0 Å². The molecule has 0 aliphatic carbocycles. The van der Waals surface area contributed by atoms with Gasteiger partial charge in [0.25, 0.3) is 0 Å². The standard InChI is InChI=1S/C10H10N2O3/c13-9(14)7-3-1-6(2-4-7)8-5-11-10(15)12-8/h1-4,8H,5H2,(H,13,14)(H2,11,12,15)/t8-/m0/s1. The summed E-state index contributed by atoms with van der Waals surface area (Å²) in [7, 11) is 0. The molecule has 1 aliphatic heterocycles. The summed E-state index contributed by atoms with van der Waals surface area (Å²) in [5, 5.41) is 14.1. The first-order chi connectivity index (χ1) is 7.16. The third-order valence-corrected chi connectivity index (χ3v) is 2.33. The van der Waals surface area contributed by atoms with Crippen molar-refractivity contribution in [3.8, 4) is 0 Å². The fourth-order valence-corrected chi connectivity index (χ4v) is 1.51. The van der Waals surface area contributed by atoms with Crippen molar-refractivity contribution in [2.24, 2.45) is 0 Å². The van der Waals surface area contributed by atoms with E-state index in [1.165, 1.54) is 12.1 Å². The van der Waals surface area contributed by atoms with Crippen LogP contribution in [0.1, 0.15) is 22.0 Å². The maximum absolute atomic E-state index is 10.9. The van der Waals surface area contributed by atoms with Gasteiger partial charge in [0.2, 0.25) is 0 Å². The summed E-state index contributed by atoms with van der Waals surface area (Å²) in [5.41, 5.74) is 1.15. The third-order valence-electron chi connectivity index (χ3n) is 2.33. The highest BCUT2D eigenvalue weighted by molar-refractivity contribution is 5.87. The second-order valence-corrected chi connectivity index (χ2v) is 3.33. The Kier molecular flexibility index (Phi) is 2.29. The van der Waals surface area contributed by atoms with E-state index >= 15 is 0 Å². The number of nitrogens with one attached hydrogen (secondary N) is 2. The second kappa shape index (κ2) is 3.61. The summed E-state index contributed by atoms with van der Waals surface area (Å²) in [5.74, 6) is -0.949. The van der Waals surface area contributed by atoms with Crippen LogP contribution in [0.3, 0.4) is 0 Å². The first-order valence-electron chi connectivity index (χ1n) is 4.54. The van der Waals surface area contributed by atoms with Gasteiger partial charge in [-0.3, -0.25) is 0 Å². The molecule has 1 aromatic carbocycles. The zero-order valence-electron chi connectivity index (χ0n) is 7.86. The Morgan fingerprint density at radius 2 is 2.00 bits per heavy atom. The van der Waals surface area contributed by atoms with Gasteiger partial charge in [-0.05, 0) is 17.7 Å². The number of carboxylic acid groups (broad SMARTS) is 1. The van der Waals surface area contributed by atoms with Gasteiger partial charge in [-0.2, -0.15) is 0 Å². The van der Waals surface area contributed by atoms with Crippen LogP contribution in [0.4, 0.5) is 4.79 Å². The summed E-state index contributed by atoms with van der Waals surface area (Å²) in [4.78, 5) is 21.5. The largest absolute Gasteiger partial charge is 0.478 e. The molecule has 0 bridgehead atoms. The number of benzene rings is 1. The Hall–Kier alpha value is -2.04. The van der Waals surface area contributed by atoms with Crippen molar-refractivity contribution in [3.05, 3.63) is 35.4 Å². The molecule has 15 heavy (non-hydrogen) atoms. The lowest BCUT2D eigenvalue weighted by Gasteiger charge is -2.08. The minimum atomic E-state index is -0.949. The van der Waals surface area contributed by atoms with Gasteiger partial charge in [-0.1, -0.05) is 12.1 Å². The minimum Gasteiger partial charge on any atom is -0.478 e. The Morgan fingerprint density at radius 3 is 2.47 bits per heavy atom. The van der Waals surface area contributed by atoms with Crippen LogP contribution in [0, 0.1) is 0 Å². The van der Waals surface area contributed by atoms with Gasteiger partial charge >= 0.3 is 12.0 Å². The number of hydrogen-bond donors (Lipinski definition) is 3. The number of carboxylic acids is 1. The molecule has 1 aliphatic rings. The molecule has 2 rings (SSSR count). The molecule has 0 spiro atoms. The van der Waals surface area contributed by atoms with Gasteiger partial charge in [-0.15, -0.1) is 0 Å². The van der Waals surface area contributed by atoms with Gasteiger partial charge < -0.3 is 15.7 Å². The molecule has 0 saturated carbocycles. The molecule has 78 valence electrons. The van der Waals surface area contributed by atoms with Gasteiger partial charge in [0.1, 0.15) is 0 Å². The molecule has 0 unspecified atom stereocenters. The van der Waals surface area contributed by atoms with E-state index in [0.717, 1.165) is 5.56 Å². The van der Waals surface area contributed by atoms with E-state index in [2.05, 4.69) is 10.6 Å². The monoisotopic (exact) mass is 206 g/mol. The Balaban J connectivity index is 2.17. The number of amides is 2. The average Bonchev–Trinajstić information content (AvgIpc) is 2.65. The lowest BCUT2D eigenvalue weighted by atomic mass is 10.1. The molecule has 5 nitrogen and oxygen atoms in total. The SMILES string of the molecule is O=C1NC[C@@H](c2ccc(C(=O)O)cc2)N1. The molecule has 0 aromatic heterocycles. The molecule has 1 fully saturated rings. The smallest absolute Gasteiger partial charge is 0.335 e. The molecule has 5 heteroatoms. The van der Waals surface area contributed by atoms with Crippen molar-refractivity contribution in [1.82, 2.24) is 10.6 Å². The average molecular weight is 206 g/mol. The first kappa shape index (κ1) is 9.51. The predicted molar refractivity (Wildman–Crippen MR) is 52.7 cm³/mol. The first-order valence-corrected chi connectivity index (χ1v) is 4.54. The van der Waals surface area contributed by atoms with E-state index in [0.29, 0.717) is 6.54 Å². The number of carbonyl (C=O) groups is 2. The van der Waals surface area contributed by atoms with Gasteiger partial charge in [-0.25, -0.2) is 9.59 Å². The van der Waals surface area contributed by atoms with Crippen LogP contribution < -0.4 is 10.6 Å². The summed E-state index contributed by atoms with van der Waals surface area (Å²) in [6, 6.07) is 6.22. The van der Waals surface area contributed by atoms with Crippen LogP contribution in [-0.2, 0) is 0 Å². The zero-order valence-corrected chi connectivity index (χ0v) is 7.86. The van der Waals surface area contributed by atoms with Crippen molar-refractivity contribution in [2.45, 2.75) is 6.04 Å². The molecule has 3 N–H and O–H groups in total. The summed E-state index contributed by atoms with van der Waals surface area (Å²) >= 11 is 0. The van der Waals surface area contributed by atoms with Crippen molar-refractivity contribution < 1.29 is 14.7 Å². The highest BCUT2D eigenvalue weighted by Crippen LogP contribution is 2.15. The number of rotatable bonds is 2. The van der Waals surface area contributed by atoms with E-state index < -0.39 is 5.97 Å². The molecular weight excluding hydrogens is 196 g/mol. The van der Waals surface area contributed by atoms with Crippen molar-refractivity contribution in [1.29, 1.82) is 0 Å². The van der Waals surface area contributed by atoms with Crippen molar-refractivity contribution >= 4 is 12.0 Å². The molecular formula is C10H10N2O3. The molecule has 1 atom stereocenters. The number of urea groups is 1. The third kappa shape index (κ3) is 1.90. The van der Waals surface area contributed by atoms with Gasteiger partial charge in [0.15, 0.2) is 0 Å². The van der Waals surface area contributed by atoms with E-state index in [1.807, 2.05) is 0 Å². The summed E-state index contributed by atoms with van der Waals surface area (Å²) in [6.45, 7) is 0.533. The summed E-state index contributed by atoms with van der Waals surface area (Å²) in [6.07, 6.45) is 0. The van der Waals surface area contributed by atoms with E-state index in [4.69, 9.17) is 5.11 Å². The Labute approximate surface area is 86.1 Å². The van der Waals surface area contributed by atoms with Crippen LogP contribution in [0.2, 0.25) is 0 Å². The minimum absolute atomic E-state index is 0.0691. The van der Waals surface area contributed by atoms with Crippen LogP contribution in [0.25, 0.3) is 0 Å². The lowest BCUT2D eigenvalue weighted by Crippen LogP contribution is -2.21. The predicted octanol–water partition coefficient (Wildman–Crippen LogP) is 0.739. The van der Waals surface area contributed by atoms with Crippen molar-refractivity contribution in [2.75, 3.05) is 6.54 Å². The summed E-state index contributed by atoms with van der Waals surface area (Å²) < 4.78 is 0. The van der Waals surface area contributed by atoms with Gasteiger partial charge in [0, 0.05) is 6.54 Å². The Bertz CT molecular complexity index is 400. The van der Waals surface area contributed by atoms with Crippen molar-refractivity contribution in [3.63, 3.8) is 0 Å². The number of hydrogen-bond acceptors (Lipinski definition) is 2. The van der Waals surface area contributed by atoms with Crippen LogP contribution in [0.15, 0.2) is 24.3 Å². The highest BCUT2D eigenvalue weighted by Gasteiger charge is 2.21. The number of carbonyl (C=O) groups excluding carboxylic acids is 1. The molecule has 1 saturated heterocycles. The lowest BCUT2D eigenvalue weighted by molar-refractivity contribution is 0.0697. The zero-order chi connectivity index (χ0) is 10.8. The Morgan fingerprint density at radius 1 is 1.33 bits per heavy atom. The maximum atomic E-state index is 10.9. The topological polar surface area (TPSA) is 78.4 Å². The second-order valence-electron chi connectivity index (χ2n) is 3.33. The molecule has 1 aromatic rings. The fourth-order valence-electron chi connectivity index (χ4n) is 1.51. The molecule has 0 radical (unpaired) electrons. The van der Waals surface area contributed by atoms with Gasteiger partial charge in [0.05, 0.1) is 11.6 Å².